The van der Waals surface area contributed by atoms with E-state index in [9.17, 15) is 0 Å². The second kappa shape index (κ2) is 7.05. The maximum absolute atomic E-state index is 6.41. The molecular formula is C18H22BrN. The Labute approximate surface area is 130 Å². The molecule has 2 rings (SSSR count). The van der Waals surface area contributed by atoms with Crippen molar-refractivity contribution in [2.45, 2.75) is 39.2 Å². The van der Waals surface area contributed by atoms with Crippen molar-refractivity contribution in [3.05, 3.63) is 69.2 Å². The van der Waals surface area contributed by atoms with E-state index in [1.807, 2.05) is 0 Å². The fourth-order valence-corrected chi connectivity index (χ4v) is 2.85. The molecule has 1 unspecified atom stereocenters. The van der Waals surface area contributed by atoms with Crippen LogP contribution in [0.2, 0.25) is 0 Å². The summed E-state index contributed by atoms with van der Waals surface area (Å²) >= 11 is 3.60. The van der Waals surface area contributed by atoms with Crippen molar-refractivity contribution in [1.82, 2.24) is 0 Å². The van der Waals surface area contributed by atoms with Crippen molar-refractivity contribution in [2.24, 2.45) is 5.73 Å². The average Bonchev–Trinajstić information content (AvgIpc) is 2.47. The predicted octanol–water partition coefficient (Wildman–Crippen LogP) is 5.15. The van der Waals surface area contributed by atoms with E-state index in [4.69, 9.17) is 5.73 Å². The lowest BCUT2D eigenvalue weighted by Crippen LogP contribution is -2.12. The van der Waals surface area contributed by atoms with Gasteiger partial charge in [0.1, 0.15) is 0 Å². The molecule has 0 spiro atoms. The van der Waals surface area contributed by atoms with Crippen LogP contribution in [0.5, 0.6) is 0 Å². The van der Waals surface area contributed by atoms with Gasteiger partial charge in [-0.15, -0.1) is 0 Å². The van der Waals surface area contributed by atoms with Crippen molar-refractivity contribution in [1.29, 1.82) is 0 Å². The third kappa shape index (κ3) is 3.71. The Morgan fingerprint density at radius 1 is 1.10 bits per heavy atom. The highest BCUT2D eigenvalue weighted by molar-refractivity contribution is 9.10. The Morgan fingerprint density at radius 2 is 1.80 bits per heavy atom. The van der Waals surface area contributed by atoms with Crippen molar-refractivity contribution < 1.29 is 0 Å². The van der Waals surface area contributed by atoms with E-state index >= 15 is 0 Å². The van der Waals surface area contributed by atoms with Gasteiger partial charge >= 0.3 is 0 Å². The number of aryl methyl sites for hydroxylation is 2. The van der Waals surface area contributed by atoms with Crippen LogP contribution in [0.25, 0.3) is 0 Å². The van der Waals surface area contributed by atoms with Crippen molar-refractivity contribution in [3.8, 4) is 0 Å². The van der Waals surface area contributed by atoms with Crippen LogP contribution >= 0.6 is 15.9 Å². The lowest BCUT2D eigenvalue weighted by Gasteiger charge is -2.15. The third-order valence-corrected chi connectivity index (χ3v) is 4.37. The lowest BCUT2D eigenvalue weighted by molar-refractivity contribution is 0.793. The predicted molar refractivity (Wildman–Crippen MR) is 90.0 cm³/mol. The third-order valence-electron chi connectivity index (χ3n) is 3.64. The Bertz CT molecular complexity index is 560. The summed E-state index contributed by atoms with van der Waals surface area (Å²) in [4.78, 5) is 0. The van der Waals surface area contributed by atoms with Crippen LogP contribution in [0.15, 0.2) is 46.9 Å². The van der Waals surface area contributed by atoms with Gasteiger partial charge in [0.15, 0.2) is 0 Å². The molecule has 20 heavy (non-hydrogen) atoms. The molecule has 2 aromatic rings. The van der Waals surface area contributed by atoms with Gasteiger partial charge in [-0.05, 0) is 42.5 Å². The second-order valence-corrected chi connectivity index (χ2v) is 6.20. The molecule has 0 aliphatic carbocycles. The molecule has 0 aliphatic heterocycles. The van der Waals surface area contributed by atoms with Crippen LogP contribution in [0.4, 0.5) is 0 Å². The Hall–Kier alpha value is -1.12. The molecule has 2 aromatic carbocycles. The van der Waals surface area contributed by atoms with E-state index < -0.39 is 0 Å². The molecule has 0 saturated heterocycles. The minimum atomic E-state index is -0.0792. The van der Waals surface area contributed by atoms with Gasteiger partial charge in [0, 0.05) is 4.47 Å². The molecule has 0 aromatic heterocycles. The number of unbranched alkanes of at least 4 members (excludes halogenated alkanes) is 1. The first-order valence-electron chi connectivity index (χ1n) is 7.22. The summed E-state index contributed by atoms with van der Waals surface area (Å²) in [7, 11) is 0. The summed E-state index contributed by atoms with van der Waals surface area (Å²) in [6.45, 7) is 4.32. The van der Waals surface area contributed by atoms with Crippen LogP contribution in [0.1, 0.15) is 48.1 Å². The number of nitrogens with two attached hydrogens (primary N) is 1. The largest absolute Gasteiger partial charge is 0.320 e. The van der Waals surface area contributed by atoms with Gasteiger partial charge in [-0.25, -0.2) is 0 Å². The van der Waals surface area contributed by atoms with E-state index in [0.29, 0.717) is 0 Å². The Kier molecular flexibility index (Phi) is 5.38. The number of rotatable bonds is 5. The Balaban J connectivity index is 2.20. The maximum Gasteiger partial charge on any atom is 0.0562 e. The van der Waals surface area contributed by atoms with Gasteiger partial charge in [0.05, 0.1) is 6.04 Å². The molecule has 1 atom stereocenters. The summed E-state index contributed by atoms with van der Waals surface area (Å²) in [6, 6.07) is 15.0. The highest BCUT2D eigenvalue weighted by Gasteiger charge is 2.12. The molecule has 0 heterocycles. The smallest absolute Gasteiger partial charge is 0.0562 e. The average molecular weight is 332 g/mol. The van der Waals surface area contributed by atoms with Crippen LogP contribution in [0, 0.1) is 6.92 Å². The first kappa shape index (κ1) is 15.3. The van der Waals surface area contributed by atoms with Crippen LogP contribution < -0.4 is 5.73 Å². The van der Waals surface area contributed by atoms with Gasteiger partial charge in [-0.3, -0.25) is 0 Å². The van der Waals surface area contributed by atoms with Crippen LogP contribution in [-0.2, 0) is 6.42 Å². The molecule has 0 bridgehead atoms. The van der Waals surface area contributed by atoms with Crippen molar-refractivity contribution in [3.63, 3.8) is 0 Å². The van der Waals surface area contributed by atoms with Gasteiger partial charge in [0.2, 0.25) is 0 Å². The summed E-state index contributed by atoms with van der Waals surface area (Å²) in [5, 5.41) is 0. The molecule has 0 radical (unpaired) electrons. The van der Waals surface area contributed by atoms with Gasteiger partial charge in [-0.2, -0.15) is 0 Å². The van der Waals surface area contributed by atoms with Crippen molar-refractivity contribution >= 4 is 15.9 Å². The zero-order chi connectivity index (χ0) is 14.5. The second-order valence-electron chi connectivity index (χ2n) is 5.35. The van der Waals surface area contributed by atoms with E-state index in [1.54, 1.807) is 0 Å². The molecule has 0 amide bonds. The van der Waals surface area contributed by atoms with Crippen LogP contribution in [-0.4, -0.2) is 0 Å². The van der Waals surface area contributed by atoms with E-state index in [0.717, 1.165) is 22.0 Å². The minimum absolute atomic E-state index is 0.0792. The highest BCUT2D eigenvalue weighted by atomic mass is 79.9. The fourth-order valence-electron chi connectivity index (χ4n) is 2.35. The quantitative estimate of drug-likeness (QED) is 0.805. The monoisotopic (exact) mass is 331 g/mol. The SMILES string of the molecule is CCCCc1ccc(C(N)c2cc(C)ccc2Br)cc1. The van der Waals surface area contributed by atoms with Crippen LogP contribution in [0.3, 0.4) is 0 Å². The molecule has 2 heteroatoms. The van der Waals surface area contributed by atoms with E-state index in [-0.39, 0.29) is 6.04 Å². The normalized spacial score (nSPS) is 12.4. The lowest BCUT2D eigenvalue weighted by atomic mass is 9.96. The molecule has 0 fully saturated rings. The molecular weight excluding hydrogens is 310 g/mol. The van der Waals surface area contributed by atoms with E-state index in [1.165, 1.54) is 24.0 Å². The molecule has 1 nitrogen and oxygen atoms in total. The molecule has 0 saturated carbocycles. The topological polar surface area (TPSA) is 26.0 Å². The number of hydrogen-bond acceptors (Lipinski definition) is 1. The van der Waals surface area contributed by atoms with Gasteiger partial charge in [0.25, 0.3) is 0 Å². The van der Waals surface area contributed by atoms with Crippen molar-refractivity contribution in [2.75, 3.05) is 0 Å². The highest BCUT2D eigenvalue weighted by Crippen LogP contribution is 2.28. The molecule has 2 N–H and O–H groups in total. The van der Waals surface area contributed by atoms with E-state index in [2.05, 4.69) is 72.2 Å². The zero-order valence-corrected chi connectivity index (χ0v) is 13.8. The van der Waals surface area contributed by atoms with Gasteiger partial charge in [-0.1, -0.05) is 71.2 Å². The standard InChI is InChI=1S/C18H22BrN/c1-3-4-5-14-7-9-15(10-8-14)18(20)16-12-13(2)6-11-17(16)19/h6-12,18H,3-5,20H2,1-2H3. The van der Waals surface area contributed by atoms with Gasteiger partial charge < -0.3 is 5.73 Å². The Morgan fingerprint density at radius 3 is 2.45 bits per heavy atom. The first-order valence-corrected chi connectivity index (χ1v) is 8.01. The molecule has 106 valence electrons. The summed E-state index contributed by atoms with van der Waals surface area (Å²) < 4.78 is 1.07. The maximum atomic E-state index is 6.41. The number of halogens is 1. The fraction of sp³-hybridized carbons (Fsp3) is 0.333. The number of hydrogen-bond donors (Lipinski definition) is 1. The minimum Gasteiger partial charge on any atom is -0.320 e. The summed E-state index contributed by atoms with van der Waals surface area (Å²) in [5.41, 5.74) is 11.3. The zero-order valence-electron chi connectivity index (χ0n) is 12.2. The number of benzene rings is 2. The first-order chi connectivity index (χ1) is 9.61. The molecule has 0 aliphatic rings. The summed E-state index contributed by atoms with van der Waals surface area (Å²) in [6.07, 6.45) is 3.63. The summed E-state index contributed by atoms with van der Waals surface area (Å²) in [5.74, 6) is 0.